The van der Waals surface area contributed by atoms with Crippen molar-refractivity contribution >= 4 is 0 Å². The molecule has 3 saturated heterocycles. The van der Waals surface area contributed by atoms with Gasteiger partial charge in [0.1, 0.15) is 24.4 Å². The SMILES string of the molecule is COc1cc([C@H]2OC[C@H]3[C@H]2CO[C@H]3c2ccc(O[C@@H]3O[C@H](CO)[C@@H](O)[C@H](O)[C@H]3O)c(OC)c2)ccc1O. The number of aliphatic hydroxyl groups is 4. The molecule has 0 radical (unpaired) electrons. The molecular formula is C26H32O11. The van der Waals surface area contributed by atoms with Gasteiger partial charge in [0, 0.05) is 11.8 Å². The summed E-state index contributed by atoms with van der Waals surface area (Å²) in [6, 6.07) is 10.5. The summed E-state index contributed by atoms with van der Waals surface area (Å²) < 4.78 is 34.3. The maximum atomic E-state index is 10.3. The molecule has 0 aromatic heterocycles. The average Bonchev–Trinajstić information content (AvgIpc) is 3.52. The molecule has 37 heavy (non-hydrogen) atoms. The monoisotopic (exact) mass is 520 g/mol. The van der Waals surface area contributed by atoms with Gasteiger partial charge in [-0.1, -0.05) is 12.1 Å². The van der Waals surface area contributed by atoms with Crippen molar-refractivity contribution in [3.05, 3.63) is 47.5 Å². The fourth-order valence-electron chi connectivity index (χ4n) is 5.35. The molecule has 2 aromatic carbocycles. The summed E-state index contributed by atoms with van der Waals surface area (Å²) in [5.41, 5.74) is 1.77. The zero-order chi connectivity index (χ0) is 26.3. The van der Waals surface area contributed by atoms with Crippen molar-refractivity contribution < 1.29 is 54.0 Å². The molecule has 11 nitrogen and oxygen atoms in total. The van der Waals surface area contributed by atoms with Crippen molar-refractivity contribution in [2.75, 3.05) is 34.0 Å². The molecule has 5 N–H and O–H groups in total. The Labute approximate surface area is 213 Å². The molecular weight excluding hydrogens is 488 g/mol. The van der Waals surface area contributed by atoms with Crippen molar-refractivity contribution in [3.63, 3.8) is 0 Å². The molecule has 3 heterocycles. The van der Waals surface area contributed by atoms with Gasteiger partial charge in [0.05, 0.1) is 46.2 Å². The van der Waals surface area contributed by atoms with Crippen molar-refractivity contribution in [1.82, 2.24) is 0 Å². The van der Waals surface area contributed by atoms with Crippen LogP contribution in [0.15, 0.2) is 36.4 Å². The van der Waals surface area contributed by atoms with Gasteiger partial charge in [0.2, 0.25) is 6.29 Å². The summed E-state index contributed by atoms with van der Waals surface area (Å²) in [4.78, 5) is 0. The van der Waals surface area contributed by atoms with Crippen LogP contribution in [0.3, 0.4) is 0 Å². The second kappa shape index (κ2) is 10.6. The minimum absolute atomic E-state index is 0.0689. The molecule has 2 aromatic rings. The summed E-state index contributed by atoms with van der Waals surface area (Å²) in [6.45, 7) is 0.436. The number of benzene rings is 2. The fourth-order valence-corrected chi connectivity index (χ4v) is 5.35. The number of phenols is 1. The lowest BCUT2D eigenvalue weighted by Gasteiger charge is -2.39. The van der Waals surface area contributed by atoms with E-state index in [9.17, 15) is 25.5 Å². The van der Waals surface area contributed by atoms with Gasteiger partial charge < -0.3 is 54.0 Å². The lowest BCUT2D eigenvalue weighted by Crippen LogP contribution is -2.60. The number of phenolic OH excluding ortho intramolecular Hbond substituents is 1. The van der Waals surface area contributed by atoms with Gasteiger partial charge in [-0.3, -0.25) is 0 Å². The molecule has 0 amide bonds. The quantitative estimate of drug-likeness (QED) is 0.349. The molecule has 11 heteroatoms. The van der Waals surface area contributed by atoms with E-state index in [1.165, 1.54) is 14.2 Å². The molecule has 0 bridgehead atoms. The van der Waals surface area contributed by atoms with Gasteiger partial charge in [-0.15, -0.1) is 0 Å². The smallest absolute Gasteiger partial charge is 0.229 e. The molecule has 0 aliphatic carbocycles. The summed E-state index contributed by atoms with van der Waals surface area (Å²) in [5.74, 6) is 1.27. The van der Waals surface area contributed by atoms with Crippen LogP contribution in [0.4, 0.5) is 0 Å². The van der Waals surface area contributed by atoms with Crippen LogP contribution < -0.4 is 14.2 Å². The maximum Gasteiger partial charge on any atom is 0.229 e. The van der Waals surface area contributed by atoms with E-state index in [0.717, 1.165) is 11.1 Å². The van der Waals surface area contributed by atoms with E-state index < -0.39 is 37.3 Å². The fraction of sp³-hybridized carbons (Fsp3) is 0.538. The van der Waals surface area contributed by atoms with E-state index in [0.29, 0.717) is 24.7 Å². The minimum atomic E-state index is -1.55. The highest BCUT2D eigenvalue weighted by Gasteiger charge is 2.49. The van der Waals surface area contributed by atoms with E-state index in [-0.39, 0.29) is 35.5 Å². The number of hydrogen-bond donors (Lipinski definition) is 5. The average molecular weight is 521 g/mol. The Morgan fingerprint density at radius 3 is 1.97 bits per heavy atom. The third-order valence-electron chi connectivity index (χ3n) is 7.40. The largest absolute Gasteiger partial charge is 0.504 e. The predicted octanol–water partition coefficient (Wildman–Crippen LogP) is 0.663. The minimum Gasteiger partial charge on any atom is -0.504 e. The Morgan fingerprint density at radius 1 is 0.784 bits per heavy atom. The normalized spacial score (nSPS) is 35.2. The number of aromatic hydroxyl groups is 1. The number of hydrogen-bond acceptors (Lipinski definition) is 11. The predicted molar refractivity (Wildman–Crippen MR) is 126 cm³/mol. The lowest BCUT2D eigenvalue weighted by atomic mass is 9.85. The number of fused-ring (bicyclic) bond motifs is 1. The highest BCUT2D eigenvalue weighted by Crippen LogP contribution is 2.51. The summed E-state index contributed by atoms with van der Waals surface area (Å²) >= 11 is 0. The van der Waals surface area contributed by atoms with E-state index in [2.05, 4.69) is 0 Å². The number of rotatable bonds is 7. The Morgan fingerprint density at radius 2 is 1.38 bits per heavy atom. The summed E-state index contributed by atoms with van der Waals surface area (Å²) in [6.07, 6.45) is -7.41. The third kappa shape index (κ3) is 4.72. The molecule has 5 rings (SSSR count). The first kappa shape index (κ1) is 26.0. The summed E-state index contributed by atoms with van der Waals surface area (Å²) in [7, 11) is 2.98. The van der Waals surface area contributed by atoms with Crippen LogP contribution in [0.25, 0.3) is 0 Å². The maximum absolute atomic E-state index is 10.3. The molecule has 0 spiro atoms. The van der Waals surface area contributed by atoms with Crippen LogP contribution >= 0.6 is 0 Å². The zero-order valence-electron chi connectivity index (χ0n) is 20.5. The van der Waals surface area contributed by atoms with Gasteiger partial charge in [0.15, 0.2) is 23.0 Å². The van der Waals surface area contributed by atoms with Crippen LogP contribution in [0.5, 0.6) is 23.0 Å². The molecule has 3 fully saturated rings. The first-order chi connectivity index (χ1) is 17.9. The van der Waals surface area contributed by atoms with E-state index in [1.54, 1.807) is 24.3 Å². The second-order valence-electron chi connectivity index (χ2n) is 9.49. The topological polar surface area (TPSA) is 157 Å². The number of aliphatic hydroxyl groups excluding tert-OH is 4. The van der Waals surface area contributed by atoms with Crippen LogP contribution in [0.1, 0.15) is 23.3 Å². The molecule has 9 atom stereocenters. The molecule has 0 saturated carbocycles. The molecule has 202 valence electrons. The molecule has 3 aliphatic rings. The van der Waals surface area contributed by atoms with Crippen LogP contribution in [-0.4, -0.2) is 90.3 Å². The first-order valence-corrected chi connectivity index (χ1v) is 12.1. The third-order valence-corrected chi connectivity index (χ3v) is 7.40. The molecule has 3 aliphatic heterocycles. The highest BCUT2D eigenvalue weighted by atomic mass is 16.7. The Hall–Kier alpha value is -2.64. The highest BCUT2D eigenvalue weighted by molar-refractivity contribution is 5.45. The Balaban J connectivity index is 1.32. The van der Waals surface area contributed by atoms with Gasteiger partial charge in [-0.25, -0.2) is 0 Å². The van der Waals surface area contributed by atoms with Gasteiger partial charge >= 0.3 is 0 Å². The van der Waals surface area contributed by atoms with Crippen molar-refractivity contribution in [1.29, 1.82) is 0 Å². The number of methoxy groups -OCH3 is 2. The van der Waals surface area contributed by atoms with Crippen molar-refractivity contribution in [3.8, 4) is 23.0 Å². The van der Waals surface area contributed by atoms with Crippen molar-refractivity contribution in [2.45, 2.75) is 42.9 Å². The van der Waals surface area contributed by atoms with Crippen LogP contribution in [0, 0.1) is 11.8 Å². The van der Waals surface area contributed by atoms with Crippen LogP contribution in [-0.2, 0) is 14.2 Å². The standard InChI is InChI=1S/C26H32O11/c1-32-18-7-12(3-5-16(18)28)24-14-10-35-25(15(14)11-34-24)13-4-6-17(19(8-13)33-2)36-26-23(31)22(30)21(29)20(9-27)37-26/h3-8,14-15,20-31H,9-11H2,1-2H3/t14-,15+,20-,21-,22+,23-,24-,25+,26-/m1/s1. The van der Waals surface area contributed by atoms with E-state index in [4.69, 9.17) is 28.4 Å². The molecule has 0 unspecified atom stereocenters. The summed E-state index contributed by atoms with van der Waals surface area (Å²) in [5, 5.41) is 49.7. The second-order valence-corrected chi connectivity index (χ2v) is 9.49. The van der Waals surface area contributed by atoms with Gasteiger partial charge in [0.25, 0.3) is 0 Å². The first-order valence-electron chi connectivity index (χ1n) is 12.1. The zero-order valence-corrected chi connectivity index (χ0v) is 20.5. The van der Waals surface area contributed by atoms with E-state index in [1.807, 2.05) is 12.1 Å². The van der Waals surface area contributed by atoms with Gasteiger partial charge in [-0.2, -0.15) is 0 Å². The van der Waals surface area contributed by atoms with Gasteiger partial charge in [-0.05, 0) is 35.4 Å². The lowest BCUT2D eigenvalue weighted by molar-refractivity contribution is -0.277. The van der Waals surface area contributed by atoms with Crippen LogP contribution in [0.2, 0.25) is 0 Å². The Kier molecular flexibility index (Phi) is 7.46. The van der Waals surface area contributed by atoms with E-state index >= 15 is 0 Å². The van der Waals surface area contributed by atoms with Crippen molar-refractivity contribution in [2.24, 2.45) is 11.8 Å². The Bertz CT molecular complexity index is 1090. The number of ether oxygens (including phenoxy) is 6.